The minimum absolute atomic E-state index is 0.113. The standard InChI is InChI=1S/C17H20O7/c1-10(18)2-8-16(21)23-13-5-3-12-11(13)4-6-14(12)24-17(22)9-7-15(19)20/h2,7-9,11-14,18H,1,3-6H2,(H,19,20)/b8-2-,9-7-/t11-,12-,13+,14+/m0/s1. The zero-order valence-corrected chi connectivity index (χ0v) is 13.1. The molecular formula is C17H20O7. The molecule has 0 unspecified atom stereocenters. The van der Waals surface area contributed by atoms with Crippen molar-refractivity contribution in [2.45, 2.75) is 37.9 Å². The lowest BCUT2D eigenvalue weighted by Crippen LogP contribution is -2.25. The molecule has 4 atom stereocenters. The summed E-state index contributed by atoms with van der Waals surface area (Å²) in [6.45, 7) is 3.25. The van der Waals surface area contributed by atoms with E-state index in [-0.39, 0.29) is 29.8 Å². The van der Waals surface area contributed by atoms with E-state index in [1.165, 1.54) is 6.08 Å². The second-order valence-electron chi connectivity index (χ2n) is 5.93. The number of hydrogen-bond donors (Lipinski definition) is 2. The molecule has 0 bridgehead atoms. The summed E-state index contributed by atoms with van der Waals surface area (Å²) < 4.78 is 10.7. The van der Waals surface area contributed by atoms with E-state index in [0.29, 0.717) is 12.8 Å². The first kappa shape index (κ1) is 17.8. The van der Waals surface area contributed by atoms with Gasteiger partial charge < -0.3 is 19.7 Å². The second kappa shape index (κ2) is 7.81. The smallest absolute Gasteiger partial charge is 0.331 e. The molecule has 7 heteroatoms. The van der Waals surface area contributed by atoms with Gasteiger partial charge in [0, 0.05) is 30.1 Å². The zero-order chi connectivity index (χ0) is 17.7. The maximum Gasteiger partial charge on any atom is 0.331 e. The van der Waals surface area contributed by atoms with Gasteiger partial charge in [-0.3, -0.25) is 0 Å². The molecule has 0 saturated heterocycles. The second-order valence-corrected chi connectivity index (χ2v) is 5.93. The van der Waals surface area contributed by atoms with Crippen LogP contribution < -0.4 is 0 Å². The van der Waals surface area contributed by atoms with E-state index in [1.807, 2.05) is 0 Å². The van der Waals surface area contributed by atoms with Crippen molar-refractivity contribution in [3.63, 3.8) is 0 Å². The molecule has 0 aromatic carbocycles. The van der Waals surface area contributed by atoms with E-state index in [2.05, 4.69) is 6.58 Å². The van der Waals surface area contributed by atoms with Crippen LogP contribution in [0.15, 0.2) is 36.6 Å². The summed E-state index contributed by atoms with van der Waals surface area (Å²) in [6, 6.07) is 0. The molecule has 2 fully saturated rings. The first-order chi connectivity index (χ1) is 11.4. The van der Waals surface area contributed by atoms with Gasteiger partial charge in [0.25, 0.3) is 0 Å². The molecular weight excluding hydrogens is 316 g/mol. The van der Waals surface area contributed by atoms with E-state index in [9.17, 15) is 14.4 Å². The lowest BCUT2D eigenvalue weighted by Gasteiger charge is -2.20. The molecule has 2 N–H and O–H groups in total. The van der Waals surface area contributed by atoms with Crippen LogP contribution in [0.1, 0.15) is 25.7 Å². The van der Waals surface area contributed by atoms with Crippen molar-refractivity contribution in [2.24, 2.45) is 11.8 Å². The van der Waals surface area contributed by atoms with E-state index < -0.39 is 17.9 Å². The highest BCUT2D eigenvalue weighted by Crippen LogP contribution is 2.46. The van der Waals surface area contributed by atoms with Gasteiger partial charge in [-0.2, -0.15) is 0 Å². The van der Waals surface area contributed by atoms with Gasteiger partial charge in [0.1, 0.15) is 18.0 Å². The lowest BCUT2D eigenvalue weighted by molar-refractivity contribution is -0.147. The average Bonchev–Trinajstić information content (AvgIpc) is 3.07. The summed E-state index contributed by atoms with van der Waals surface area (Å²) in [5.41, 5.74) is 0. The number of aliphatic carboxylic acids is 1. The van der Waals surface area contributed by atoms with Crippen LogP contribution in [0.3, 0.4) is 0 Å². The Hall–Kier alpha value is -2.57. The number of rotatable bonds is 6. The van der Waals surface area contributed by atoms with Gasteiger partial charge in [0.2, 0.25) is 0 Å². The van der Waals surface area contributed by atoms with Gasteiger partial charge in [0.15, 0.2) is 0 Å². The Morgan fingerprint density at radius 1 is 0.792 bits per heavy atom. The minimum atomic E-state index is -1.21. The van der Waals surface area contributed by atoms with Gasteiger partial charge >= 0.3 is 17.9 Å². The van der Waals surface area contributed by atoms with Gasteiger partial charge in [-0.1, -0.05) is 6.58 Å². The topological polar surface area (TPSA) is 110 Å². The molecule has 7 nitrogen and oxygen atoms in total. The van der Waals surface area contributed by atoms with E-state index >= 15 is 0 Å². The summed E-state index contributed by atoms with van der Waals surface area (Å²) in [7, 11) is 0. The Balaban J connectivity index is 1.87. The highest BCUT2D eigenvalue weighted by Gasteiger charge is 2.47. The first-order valence-electron chi connectivity index (χ1n) is 7.75. The van der Waals surface area contributed by atoms with Crippen molar-refractivity contribution in [1.29, 1.82) is 0 Å². The van der Waals surface area contributed by atoms with Crippen molar-refractivity contribution in [3.05, 3.63) is 36.6 Å². The number of ether oxygens (including phenoxy) is 2. The molecule has 0 spiro atoms. The quantitative estimate of drug-likeness (QED) is 0.330. The summed E-state index contributed by atoms with van der Waals surface area (Å²) >= 11 is 0. The molecule has 2 aliphatic carbocycles. The number of carbonyl (C=O) groups is 3. The average molecular weight is 336 g/mol. The Kier molecular flexibility index (Phi) is 5.78. The highest BCUT2D eigenvalue weighted by molar-refractivity contribution is 5.90. The Morgan fingerprint density at radius 3 is 1.67 bits per heavy atom. The summed E-state index contributed by atoms with van der Waals surface area (Å²) in [4.78, 5) is 33.7. The molecule has 0 aromatic heterocycles. The van der Waals surface area contributed by atoms with Crippen molar-refractivity contribution in [1.82, 2.24) is 0 Å². The Labute approximate surface area is 139 Å². The third-order valence-corrected chi connectivity index (χ3v) is 4.38. The number of carboxylic acid groups (broad SMARTS) is 1. The number of carboxylic acids is 1. The van der Waals surface area contributed by atoms with Crippen LogP contribution in [0.5, 0.6) is 0 Å². The molecule has 130 valence electrons. The predicted octanol–water partition coefficient (Wildman–Crippen LogP) is 1.90. The van der Waals surface area contributed by atoms with Crippen molar-refractivity contribution in [3.8, 4) is 0 Å². The molecule has 0 amide bonds. The van der Waals surface area contributed by atoms with E-state index in [4.69, 9.17) is 19.7 Å². The van der Waals surface area contributed by atoms with Crippen LogP contribution in [0.25, 0.3) is 0 Å². The van der Waals surface area contributed by atoms with Gasteiger partial charge in [-0.05, 0) is 31.8 Å². The molecule has 24 heavy (non-hydrogen) atoms. The lowest BCUT2D eigenvalue weighted by atomic mass is 9.98. The SMILES string of the molecule is C=C(O)/C=C\C(=O)O[C@@H]1CC[C@H]2[C@@H]1CC[C@H]2OC(=O)/C=C\C(=O)O. The van der Waals surface area contributed by atoms with E-state index in [0.717, 1.165) is 31.1 Å². The fourth-order valence-corrected chi connectivity index (χ4v) is 3.47. The first-order valence-corrected chi connectivity index (χ1v) is 7.75. The molecule has 2 rings (SSSR count). The number of fused-ring (bicyclic) bond motifs is 1. The molecule has 0 radical (unpaired) electrons. The van der Waals surface area contributed by atoms with Crippen molar-refractivity contribution in [2.75, 3.05) is 0 Å². The van der Waals surface area contributed by atoms with Gasteiger partial charge in [0.05, 0.1) is 0 Å². The number of esters is 2. The third-order valence-electron chi connectivity index (χ3n) is 4.38. The normalized spacial score (nSPS) is 28.8. The van der Waals surface area contributed by atoms with Crippen LogP contribution in [-0.4, -0.2) is 40.3 Å². The van der Waals surface area contributed by atoms with Crippen LogP contribution in [0.2, 0.25) is 0 Å². The van der Waals surface area contributed by atoms with Crippen LogP contribution in [-0.2, 0) is 23.9 Å². The molecule has 0 heterocycles. The van der Waals surface area contributed by atoms with Crippen LogP contribution in [0, 0.1) is 11.8 Å². The van der Waals surface area contributed by atoms with Gasteiger partial charge in [-0.25, -0.2) is 14.4 Å². The maximum absolute atomic E-state index is 11.7. The number of aliphatic hydroxyl groups is 1. The monoisotopic (exact) mass is 336 g/mol. The third kappa shape index (κ3) is 4.71. The summed E-state index contributed by atoms with van der Waals surface area (Å²) in [5, 5.41) is 17.4. The number of aliphatic hydroxyl groups excluding tert-OH is 1. The highest BCUT2D eigenvalue weighted by atomic mass is 16.6. The van der Waals surface area contributed by atoms with Crippen LogP contribution >= 0.6 is 0 Å². The summed E-state index contributed by atoms with van der Waals surface area (Å²) in [5.74, 6) is -2.41. The minimum Gasteiger partial charge on any atom is -0.509 e. The van der Waals surface area contributed by atoms with E-state index in [1.54, 1.807) is 0 Å². The van der Waals surface area contributed by atoms with Crippen molar-refractivity contribution < 1.29 is 34.1 Å². The van der Waals surface area contributed by atoms with Crippen LogP contribution in [0.4, 0.5) is 0 Å². The molecule has 2 saturated carbocycles. The fraction of sp³-hybridized carbons (Fsp3) is 0.471. The van der Waals surface area contributed by atoms with Gasteiger partial charge in [-0.15, -0.1) is 0 Å². The Morgan fingerprint density at radius 2 is 1.25 bits per heavy atom. The van der Waals surface area contributed by atoms with Crippen molar-refractivity contribution >= 4 is 17.9 Å². The number of carbonyl (C=O) groups excluding carboxylic acids is 2. The maximum atomic E-state index is 11.7. The molecule has 2 aliphatic rings. The number of hydrogen-bond acceptors (Lipinski definition) is 6. The largest absolute Gasteiger partial charge is 0.509 e. The Bertz CT molecular complexity index is 538. The predicted molar refractivity (Wildman–Crippen MR) is 82.9 cm³/mol. The molecule has 0 aliphatic heterocycles. The zero-order valence-electron chi connectivity index (χ0n) is 13.1. The fourth-order valence-electron chi connectivity index (χ4n) is 3.47. The summed E-state index contributed by atoms with van der Waals surface area (Å²) in [6.07, 6.45) is 6.33. The number of allylic oxidation sites excluding steroid dienone is 1. The molecule has 0 aromatic rings.